The molecule has 0 spiro atoms. The number of likely N-dealkylation sites (N-methyl/N-ethyl adjacent to an activating group) is 1. The number of halogens is 1. The second-order valence-electron chi connectivity index (χ2n) is 5.00. The normalized spacial score (nSPS) is 20.1. The molecule has 1 fully saturated rings. The van der Waals surface area contributed by atoms with Gasteiger partial charge in [-0.1, -0.05) is 6.92 Å². The van der Waals surface area contributed by atoms with Crippen molar-refractivity contribution in [1.29, 1.82) is 0 Å². The number of hydrogen-bond donors (Lipinski definition) is 2. The van der Waals surface area contributed by atoms with Crippen molar-refractivity contribution in [2.75, 3.05) is 24.5 Å². The predicted molar refractivity (Wildman–Crippen MR) is 76.7 cm³/mol. The molecule has 0 aliphatic carbocycles. The smallest absolute Gasteiger partial charge is 0.238 e. The molecule has 2 rings (SSSR count). The van der Waals surface area contributed by atoms with Crippen LogP contribution in [0.1, 0.15) is 19.8 Å². The summed E-state index contributed by atoms with van der Waals surface area (Å²) in [5, 5.41) is 8.36. The fraction of sp³-hybridized carbons (Fsp3) is 0.538. The van der Waals surface area contributed by atoms with E-state index in [1.54, 1.807) is 0 Å². The summed E-state index contributed by atoms with van der Waals surface area (Å²) in [5.41, 5.74) is 0.431. The Morgan fingerprint density at radius 3 is 2.85 bits per heavy atom. The van der Waals surface area contributed by atoms with E-state index in [4.69, 9.17) is 5.14 Å². The summed E-state index contributed by atoms with van der Waals surface area (Å²) >= 11 is 0. The van der Waals surface area contributed by atoms with E-state index < -0.39 is 15.8 Å². The Bertz CT molecular complexity index is 575. The summed E-state index contributed by atoms with van der Waals surface area (Å²) in [4.78, 5) is 1.75. The molecule has 0 saturated carbocycles. The van der Waals surface area contributed by atoms with Gasteiger partial charge < -0.3 is 10.2 Å². The Morgan fingerprint density at radius 2 is 2.25 bits per heavy atom. The summed E-state index contributed by atoms with van der Waals surface area (Å²) in [7, 11) is -3.86. The summed E-state index contributed by atoms with van der Waals surface area (Å²) in [6.45, 7) is 4.42. The number of nitrogens with two attached hydrogens (primary N) is 1. The first-order chi connectivity index (χ1) is 9.41. The number of piperidine rings is 1. The monoisotopic (exact) mass is 301 g/mol. The van der Waals surface area contributed by atoms with Gasteiger partial charge in [-0.05, 0) is 37.6 Å². The molecular formula is C13H20FN3O2S. The van der Waals surface area contributed by atoms with Crippen LogP contribution in [-0.2, 0) is 10.0 Å². The van der Waals surface area contributed by atoms with E-state index >= 15 is 0 Å². The number of anilines is 1. The molecule has 0 amide bonds. The number of benzene rings is 1. The average molecular weight is 301 g/mol. The van der Waals surface area contributed by atoms with Gasteiger partial charge in [0.2, 0.25) is 10.0 Å². The van der Waals surface area contributed by atoms with Crippen molar-refractivity contribution in [3.63, 3.8) is 0 Å². The Morgan fingerprint density at radius 1 is 1.50 bits per heavy atom. The van der Waals surface area contributed by atoms with Crippen LogP contribution in [-0.4, -0.2) is 34.1 Å². The van der Waals surface area contributed by atoms with Gasteiger partial charge in [-0.15, -0.1) is 0 Å². The third-order valence-corrected chi connectivity index (χ3v) is 4.41. The van der Waals surface area contributed by atoms with Crippen LogP contribution in [0.5, 0.6) is 0 Å². The lowest BCUT2D eigenvalue weighted by atomic mass is 10.0. The third kappa shape index (κ3) is 3.47. The van der Waals surface area contributed by atoms with Gasteiger partial charge in [0.25, 0.3) is 0 Å². The van der Waals surface area contributed by atoms with Gasteiger partial charge in [0, 0.05) is 19.1 Å². The molecule has 20 heavy (non-hydrogen) atoms. The molecular weight excluding hydrogens is 281 g/mol. The molecule has 1 heterocycles. The number of primary sulfonamides is 1. The van der Waals surface area contributed by atoms with E-state index in [0.717, 1.165) is 38.5 Å². The van der Waals surface area contributed by atoms with Crippen LogP contribution in [0.25, 0.3) is 0 Å². The van der Waals surface area contributed by atoms with Crippen molar-refractivity contribution in [2.45, 2.75) is 30.7 Å². The molecule has 7 heteroatoms. The van der Waals surface area contributed by atoms with Crippen LogP contribution in [0.15, 0.2) is 23.1 Å². The Labute approximate surface area is 119 Å². The van der Waals surface area contributed by atoms with Gasteiger partial charge in [0.05, 0.1) is 10.6 Å². The number of rotatable bonds is 4. The van der Waals surface area contributed by atoms with E-state index in [9.17, 15) is 12.8 Å². The fourth-order valence-electron chi connectivity index (χ4n) is 2.57. The molecule has 1 aromatic rings. The molecule has 1 unspecified atom stereocenters. The molecule has 0 aromatic heterocycles. The number of nitrogens with one attached hydrogen (secondary N) is 1. The first kappa shape index (κ1) is 15.2. The maximum atomic E-state index is 14.1. The quantitative estimate of drug-likeness (QED) is 0.871. The van der Waals surface area contributed by atoms with Crippen LogP contribution in [0, 0.1) is 5.82 Å². The number of nitrogens with zero attached hydrogens (tertiary/aromatic N) is 1. The van der Waals surface area contributed by atoms with Gasteiger partial charge in [-0.3, -0.25) is 0 Å². The minimum Gasteiger partial charge on any atom is -0.368 e. The van der Waals surface area contributed by atoms with Crippen molar-refractivity contribution in [3.8, 4) is 0 Å². The number of sulfonamides is 1. The highest BCUT2D eigenvalue weighted by molar-refractivity contribution is 7.89. The lowest BCUT2D eigenvalue weighted by Crippen LogP contribution is -2.46. The van der Waals surface area contributed by atoms with Crippen molar-refractivity contribution in [2.24, 2.45) is 5.14 Å². The molecule has 1 atom stereocenters. The zero-order valence-electron chi connectivity index (χ0n) is 11.5. The largest absolute Gasteiger partial charge is 0.368 e. The lowest BCUT2D eigenvalue weighted by molar-refractivity contribution is 0.428. The van der Waals surface area contributed by atoms with E-state index in [-0.39, 0.29) is 4.90 Å². The van der Waals surface area contributed by atoms with Crippen molar-refractivity contribution in [3.05, 3.63) is 24.0 Å². The third-order valence-electron chi connectivity index (χ3n) is 3.50. The minimum atomic E-state index is -3.86. The minimum absolute atomic E-state index is 0.195. The van der Waals surface area contributed by atoms with Gasteiger partial charge in [0.15, 0.2) is 0 Å². The summed E-state index contributed by atoms with van der Waals surface area (Å²) < 4.78 is 36.5. The van der Waals surface area contributed by atoms with Crippen molar-refractivity contribution < 1.29 is 12.8 Å². The summed E-state index contributed by atoms with van der Waals surface area (Å²) in [6, 6.07) is 4.17. The van der Waals surface area contributed by atoms with E-state index in [2.05, 4.69) is 5.32 Å². The summed E-state index contributed by atoms with van der Waals surface area (Å²) in [6.07, 6.45) is 2.05. The molecule has 5 nitrogen and oxygen atoms in total. The van der Waals surface area contributed by atoms with E-state index in [1.807, 2.05) is 11.8 Å². The molecule has 1 saturated heterocycles. The van der Waals surface area contributed by atoms with Crippen LogP contribution < -0.4 is 15.4 Å². The van der Waals surface area contributed by atoms with Gasteiger partial charge in [-0.25, -0.2) is 17.9 Å². The Kier molecular flexibility index (Phi) is 4.62. The van der Waals surface area contributed by atoms with Crippen molar-refractivity contribution >= 4 is 15.7 Å². The van der Waals surface area contributed by atoms with Crippen LogP contribution in [0.2, 0.25) is 0 Å². The maximum absolute atomic E-state index is 14.1. The average Bonchev–Trinajstić information content (AvgIpc) is 2.38. The second kappa shape index (κ2) is 6.07. The molecule has 1 aliphatic heterocycles. The number of hydrogen-bond acceptors (Lipinski definition) is 4. The molecule has 112 valence electrons. The molecule has 1 aliphatic rings. The molecule has 0 bridgehead atoms. The fourth-order valence-corrected chi connectivity index (χ4v) is 3.10. The van der Waals surface area contributed by atoms with Crippen LogP contribution in [0.3, 0.4) is 0 Å². The van der Waals surface area contributed by atoms with Crippen LogP contribution >= 0.6 is 0 Å². The van der Waals surface area contributed by atoms with Gasteiger partial charge in [0.1, 0.15) is 5.82 Å². The maximum Gasteiger partial charge on any atom is 0.238 e. The molecule has 0 radical (unpaired) electrons. The SMILES string of the molecule is CCNC1CCCN(c2ccc(S(N)(=O)=O)cc2F)C1. The van der Waals surface area contributed by atoms with E-state index in [0.29, 0.717) is 11.7 Å². The van der Waals surface area contributed by atoms with Gasteiger partial charge in [-0.2, -0.15) is 0 Å². The first-order valence-electron chi connectivity index (χ1n) is 6.72. The highest BCUT2D eigenvalue weighted by atomic mass is 32.2. The van der Waals surface area contributed by atoms with Crippen molar-refractivity contribution in [1.82, 2.24) is 5.32 Å². The predicted octanol–water partition coefficient (Wildman–Crippen LogP) is 1.05. The Balaban J connectivity index is 2.20. The van der Waals surface area contributed by atoms with Crippen LogP contribution in [0.4, 0.5) is 10.1 Å². The summed E-state index contributed by atoms with van der Waals surface area (Å²) in [5.74, 6) is -0.548. The zero-order valence-corrected chi connectivity index (χ0v) is 12.3. The standard InChI is InChI=1S/C13H20FN3O2S/c1-2-16-10-4-3-7-17(9-10)13-6-5-11(8-12(13)14)20(15,18)19/h5-6,8,10,16H,2-4,7,9H2,1H3,(H2,15,18,19). The highest BCUT2D eigenvalue weighted by Crippen LogP contribution is 2.25. The zero-order chi connectivity index (χ0) is 14.8. The van der Waals surface area contributed by atoms with E-state index in [1.165, 1.54) is 12.1 Å². The topological polar surface area (TPSA) is 75.4 Å². The lowest BCUT2D eigenvalue weighted by Gasteiger charge is -2.35. The van der Waals surface area contributed by atoms with Gasteiger partial charge >= 0.3 is 0 Å². The Hall–Kier alpha value is -1.18. The second-order valence-corrected chi connectivity index (χ2v) is 6.56. The molecule has 1 aromatic carbocycles. The highest BCUT2D eigenvalue weighted by Gasteiger charge is 2.22. The first-order valence-corrected chi connectivity index (χ1v) is 8.27. The molecule has 3 N–H and O–H groups in total.